The van der Waals surface area contributed by atoms with Crippen LogP contribution in [-0.4, -0.2) is 10.3 Å². The van der Waals surface area contributed by atoms with E-state index in [1.54, 1.807) is 11.3 Å². The summed E-state index contributed by atoms with van der Waals surface area (Å²) in [5.74, 6) is 0.548. The number of para-hydroxylation sites is 1. The van der Waals surface area contributed by atoms with Crippen molar-refractivity contribution in [2.24, 2.45) is 5.92 Å². The summed E-state index contributed by atoms with van der Waals surface area (Å²) in [4.78, 5) is 4.73. The molecule has 3 aromatic rings. The first kappa shape index (κ1) is 15.0. The van der Waals surface area contributed by atoms with E-state index in [4.69, 9.17) is 16.6 Å². The topological polar surface area (TPSA) is 12.9 Å². The molecule has 0 aliphatic carbocycles. The Balaban J connectivity index is 1.73. The molecule has 108 valence electrons. The summed E-state index contributed by atoms with van der Waals surface area (Å²) >= 11 is 11.4. The van der Waals surface area contributed by atoms with Crippen molar-refractivity contribution in [1.82, 2.24) is 4.98 Å². The maximum atomic E-state index is 5.94. The minimum atomic E-state index is 0.548. The van der Waals surface area contributed by atoms with Gasteiger partial charge in [-0.1, -0.05) is 51.8 Å². The van der Waals surface area contributed by atoms with Crippen LogP contribution in [0.2, 0.25) is 5.02 Å². The van der Waals surface area contributed by atoms with E-state index >= 15 is 0 Å². The Morgan fingerprint density at radius 2 is 1.81 bits per heavy atom. The molecule has 0 saturated carbocycles. The molecule has 1 unspecified atom stereocenters. The Morgan fingerprint density at radius 1 is 1.05 bits per heavy atom. The third-order valence-electron chi connectivity index (χ3n) is 3.46. The summed E-state index contributed by atoms with van der Waals surface area (Å²) < 4.78 is 1.27. The van der Waals surface area contributed by atoms with E-state index in [2.05, 4.69) is 46.3 Å². The largest absolute Gasteiger partial charge is 0.241 e. The molecule has 1 heterocycles. The van der Waals surface area contributed by atoms with Crippen molar-refractivity contribution in [2.45, 2.75) is 12.8 Å². The van der Waals surface area contributed by atoms with E-state index < -0.39 is 0 Å². The molecule has 1 nitrogen and oxygen atoms in total. The number of fused-ring (bicyclic) bond motifs is 1. The van der Waals surface area contributed by atoms with Crippen molar-refractivity contribution in [3.05, 3.63) is 64.1 Å². The van der Waals surface area contributed by atoms with Gasteiger partial charge < -0.3 is 0 Å². The average molecular weight is 381 g/mol. The first-order valence-corrected chi connectivity index (χ1v) is 9.21. The van der Waals surface area contributed by atoms with Gasteiger partial charge in [0.05, 0.1) is 15.2 Å². The maximum absolute atomic E-state index is 5.94. The first-order valence-electron chi connectivity index (χ1n) is 6.89. The fraction of sp³-hybridized carbons (Fsp3) is 0.235. The number of thiazole rings is 1. The quantitative estimate of drug-likeness (QED) is 0.514. The van der Waals surface area contributed by atoms with Crippen molar-refractivity contribution >= 4 is 49.1 Å². The lowest BCUT2D eigenvalue weighted by atomic mass is 9.98. The summed E-state index contributed by atoms with van der Waals surface area (Å²) in [6, 6.07) is 16.5. The van der Waals surface area contributed by atoms with Gasteiger partial charge >= 0.3 is 0 Å². The van der Waals surface area contributed by atoms with Gasteiger partial charge in [0.2, 0.25) is 0 Å². The lowest BCUT2D eigenvalue weighted by Crippen LogP contribution is -2.09. The predicted molar refractivity (Wildman–Crippen MR) is 95.8 cm³/mol. The smallest absolute Gasteiger partial charge is 0.0941 e. The van der Waals surface area contributed by atoms with Crippen LogP contribution in [0.4, 0.5) is 0 Å². The Labute approximate surface area is 142 Å². The van der Waals surface area contributed by atoms with Crippen LogP contribution in [0.3, 0.4) is 0 Å². The predicted octanol–water partition coefficient (Wildman–Crippen LogP) is 5.75. The number of hydrogen-bond acceptors (Lipinski definition) is 2. The van der Waals surface area contributed by atoms with Crippen LogP contribution in [0.25, 0.3) is 10.2 Å². The molecule has 21 heavy (non-hydrogen) atoms. The summed E-state index contributed by atoms with van der Waals surface area (Å²) in [6.07, 6.45) is 2.05. The van der Waals surface area contributed by atoms with Gasteiger partial charge in [-0.05, 0) is 42.2 Å². The Hall–Kier alpha value is -0.900. The number of nitrogens with zero attached hydrogens (tertiary/aromatic N) is 1. The second-order valence-electron chi connectivity index (χ2n) is 5.13. The molecule has 0 amide bonds. The fourth-order valence-corrected chi connectivity index (χ4v) is 4.05. The summed E-state index contributed by atoms with van der Waals surface area (Å²) in [6.45, 7) is 0. The standard InChI is InChI=1S/C17H15BrClNS/c18-11-13(9-12-5-7-14(19)8-6-12)10-17-20-15-3-1-2-4-16(15)21-17/h1-8,13H,9-11H2. The van der Waals surface area contributed by atoms with Crippen molar-refractivity contribution in [3.8, 4) is 0 Å². The van der Waals surface area contributed by atoms with Crippen molar-refractivity contribution in [1.29, 1.82) is 0 Å². The minimum absolute atomic E-state index is 0.548. The van der Waals surface area contributed by atoms with E-state index in [1.165, 1.54) is 15.3 Å². The summed E-state index contributed by atoms with van der Waals surface area (Å²) in [7, 11) is 0. The molecule has 0 aliphatic heterocycles. The number of benzene rings is 2. The molecular formula is C17H15BrClNS. The van der Waals surface area contributed by atoms with Crippen molar-refractivity contribution in [2.75, 3.05) is 5.33 Å². The van der Waals surface area contributed by atoms with Crippen LogP contribution in [0.1, 0.15) is 10.6 Å². The summed E-state index contributed by atoms with van der Waals surface area (Å²) in [5.41, 5.74) is 2.43. The monoisotopic (exact) mass is 379 g/mol. The van der Waals surface area contributed by atoms with Crippen LogP contribution < -0.4 is 0 Å². The van der Waals surface area contributed by atoms with Crippen molar-refractivity contribution < 1.29 is 0 Å². The number of aromatic nitrogens is 1. The van der Waals surface area contributed by atoms with Crippen LogP contribution >= 0.6 is 38.9 Å². The van der Waals surface area contributed by atoms with Gasteiger partial charge in [-0.25, -0.2) is 4.98 Å². The molecule has 0 aliphatic rings. The van der Waals surface area contributed by atoms with E-state index in [-0.39, 0.29) is 0 Å². The Morgan fingerprint density at radius 3 is 2.52 bits per heavy atom. The van der Waals surface area contributed by atoms with E-state index in [0.29, 0.717) is 5.92 Å². The molecule has 0 spiro atoms. The highest BCUT2D eigenvalue weighted by Crippen LogP contribution is 2.25. The van der Waals surface area contributed by atoms with Gasteiger partial charge in [0, 0.05) is 16.8 Å². The van der Waals surface area contributed by atoms with E-state index in [0.717, 1.165) is 28.7 Å². The lowest BCUT2D eigenvalue weighted by molar-refractivity contribution is 0.590. The lowest BCUT2D eigenvalue weighted by Gasteiger charge is -2.12. The summed E-state index contributed by atoms with van der Waals surface area (Å²) in [5, 5.41) is 2.99. The van der Waals surface area contributed by atoms with Crippen LogP contribution in [-0.2, 0) is 12.8 Å². The van der Waals surface area contributed by atoms with E-state index in [9.17, 15) is 0 Å². The zero-order valence-electron chi connectivity index (χ0n) is 11.4. The normalized spacial score (nSPS) is 12.7. The molecule has 0 N–H and O–H groups in total. The maximum Gasteiger partial charge on any atom is 0.0941 e. The molecule has 3 rings (SSSR count). The molecule has 1 atom stereocenters. The highest BCUT2D eigenvalue weighted by Gasteiger charge is 2.13. The van der Waals surface area contributed by atoms with Crippen LogP contribution in [0, 0.1) is 5.92 Å². The molecule has 1 aromatic heterocycles. The molecular weight excluding hydrogens is 366 g/mol. The third kappa shape index (κ3) is 3.85. The number of alkyl halides is 1. The van der Waals surface area contributed by atoms with E-state index in [1.807, 2.05) is 18.2 Å². The third-order valence-corrected chi connectivity index (χ3v) is 5.68. The number of hydrogen-bond donors (Lipinski definition) is 0. The molecule has 0 bridgehead atoms. The first-order chi connectivity index (χ1) is 10.2. The van der Waals surface area contributed by atoms with Gasteiger partial charge in [0.1, 0.15) is 0 Å². The number of rotatable bonds is 5. The SMILES string of the molecule is Clc1ccc(CC(CBr)Cc2nc3ccccc3s2)cc1. The van der Waals surface area contributed by atoms with Gasteiger partial charge in [-0.3, -0.25) is 0 Å². The average Bonchev–Trinajstić information content (AvgIpc) is 2.91. The highest BCUT2D eigenvalue weighted by molar-refractivity contribution is 9.09. The van der Waals surface area contributed by atoms with Crippen molar-refractivity contribution in [3.63, 3.8) is 0 Å². The molecule has 2 aromatic carbocycles. The zero-order chi connectivity index (χ0) is 14.7. The van der Waals surface area contributed by atoms with Gasteiger partial charge in [0.15, 0.2) is 0 Å². The Kier molecular flexibility index (Phi) is 4.94. The van der Waals surface area contributed by atoms with Gasteiger partial charge in [0.25, 0.3) is 0 Å². The fourth-order valence-electron chi connectivity index (χ4n) is 2.39. The zero-order valence-corrected chi connectivity index (χ0v) is 14.6. The molecule has 4 heteroatoms. The minimum Gasteiger partial charge on any atom is -0.241 e. The second-order valence-corrected chi connectivity index (χ2v) is 7.33. The molecule has 0 fully saturated rings. The molecule has 0 radical (unpaired) electrons. The Bertz CT molecular complexity index is 690. The second kappa shape index (κ2) is 6.91. The van der Waals surface area contributed by atoms with Gasteiger partial charge in [-0.2, -0.15) is 0 Å². The van der Waals surface area contributed by atoms with Crippen LogP contribution in [0.15, 0.2) is 48.5 Å². The highest BCUT2D eigenvalue weighted by atomic mass is 79.9. The number of halogens is 2. The van der Waals surface area contributed by atoms with Crippen LogP contribution in [0.5, 0.6) is 0 Å². The van der Waals surface area contributed by atoms with Gasteiger partial charge in [-0.15, -0.1) is 11.3 Å². The molecule has 0 saturated heterocycles.